The van der Waals surface area contributed by atoms with Crippen LogP contribution in [-0.2, 0) is 6.54 Å². The summed E-state index contributed by atoms with van der Waals surface area (Å²) in [7, 11) is 0. The van der Waals surface area contributed by atoms with Crippen LogP contribution in [0, 0.1) is 6.92 Å². The third-order valence-corrected chi connectivity index (χ3v) is 3.12. The number of nitrogens with zero attached hydrogens (tertiary/aromatic N) is 3. The van der Waals surface area contributed by atoms with E-state index in [-0.39, 0.29) is 5.91 Å². The molecule has 0 saturated heterocycles. The van der Waals surface area contributed by atoms with Crippen molar-refractivity contribution in [2.45, 2.75) is 20.4 Å². The molecule has 0 aliphatic carbocycles. The minimum atomic E-state index is -0.0165. The minimum absolute atomic E-state index is 0.0165. The van der Waals surface area contributed by atoms with E-state index in [1.807, 2.05) is 26.0 Å². The first-order valence-electron chi connectivity index (χ1n) is 5.90. The van der Waals surface area contributed by atoms with Crippen molar-refractivity contribution in [2.75, 3.05) is 6.54 Å². The fourth-order valence-electron chi connectivity index (χ4n) is 2.18. The first-order chi connectivity index (χ1) is 8.70. The van der Waals surface area contributed by atoms with E-state index in [2.05, 4.69) is 9.97 Å². The van der Waals surface area contributed by atoms with Crippen molar-refractivity contribution in [3.63, 3.8) is 0 Å². The molecule has 0 unspecified atom stereocenters. The molecule has 0 atom stereocenters. The Labute approximate surface area is 104 Å². The van der Waals surface area contributed by atoms with Crippen LogP contribution in [0.5, 0.6) is 0 Å². The van der Waals surface area contributed by atoms with E-state index in [1.165, 1.54) is 6.33 Å². The maximum Gasteiger partial charge on any atom is 0.258 e. The van der Waals surface area contributed by atoms with E-state index in [0.29, 0.717) is 30.1 Å². The quantitative estimate of drug-likeness (QED) is 0.809. The van der Waals surface area contributed by atoms with E-state index in [0.717, 1.165) is 11.5 Å². The number of carbonyl (C=O) groups excluding carboxylic acids is 1. The number of fused-ring (bicyclic) bond motifs is 1. The number of hydrogen-bond donors (Lipinski definition) is 0. The molecule has 1 amide bonds. The van der Waals surface area contributed by atoms with Gasteiger partial charge in [0.25, 0.3) is 5.91 Å². The van der Waals surface area contributed by atoms with E-state index in [4.69, 9.17) is 4.42 Å². The molecule has 18 heavy (non-hydrogen) atoms. The second kappa shape index (κ2) is 3.94. The molecule has 0 spiro atoms. The second-order valence-corrected chi connectivity index (χ2v) is 4.27. The number of furan rings is 1. The smallest absolute Gasteiger partial charge is 0.258 e. The van der Waals surface area contributed by atoms with E-state index < -0.39 is 0 Å². The van der Waals surface area contributed by atoms with Crippen molar-refractivity contribution < 1.29 is 9.21 Å². The summed E-state index contributed by atoms with van der Waals surface area (Å²) in [5, 5.41) is 0. The van der Waals surface area contributed by atoms with Crippen molar-refractivity contribution in [3.8, 4) is 11.5 Å². The molecule has 0 N–H and O–H groups in total. The summed E-state index contributed by atoms with van der Waals surface area (Å²) < 4.78 is 5.55. The van der Waals surface area contributed by atoms with Gasteiger partial charge in [-0.2, -0.15) is 0 Å². The van der Waals surface area contributed by atoms with Crippen LogP contribution in [0.3, 0.4) is 0 Å². The summed E-state index contributed by atoms with van der Waals surface area (Å²) in [5.41, 5.74) is 1.95. The van der Waals surface area contributed by atoms with Crippen LogP contribution in [0.25, 0.3) is 11.5 Å². The summed E-state index contributed by atoms with van der Waals surface area (Å²) in [6, 6.07) is 3.70. The Morgan fingerprint density at radius 3 is 2.89 bits per heavy atom. The molecule has 0 bridgehead atoms. The molecule has 5 nitrogen and oxygen atoms in total. The van der Waals surface area contributed by atoms with Gasteiger partial charge in [0, 0.05) is 6.54 Å². The Morgan fingerprint density at radius 2 is 2.22 bits per heavy atom. The van der Waals surface area contributed by atoms with Crippen molar-refractivity contribution in [2.24, 2.45) is 0 Å². The summed E-state index contributed by atoms with van der Waals surface area (Å²) in [4.78, 5) is 22.4. The Morgan fingerprint density at radius 1 is 1.39 bits per heavy atom. The molecule has 0 fully saturated rings. The predicted molar refractivity (Wildman–Crippen MR) is 64.9 cm³/mol. The predicted octanol–water partition coefficient (Wildman–Crippen LogP) is 2.02. The molecular formula is C13H13N3O2. The number of aromatic nitrogens is 2. The average Bonchev–Trinajstić information content (AvgIpc) is 2.94. The highest BCUT2D eigenvalue weighted by atomic mass is 16.3. The molecule has 3 heterocycles. The van der Waals surface area contributed by atoms with Gasteiger partial charge in [0.05, 0.1) is 17.8 Å². The van der Waals surface area contributed by atoms with Crippen LogP contribution >= 0.6 is 0 Å². The van der Waals surface area contributed by atoms with E-state index in [1.54, 1.807) is 4.90 Å². The number of aryl methyl sites for hydroxylation is 1. The molecule has 5 heteroatoms. The van der Waals surface area contributed by atoms with Gasteiger partial charge in [-0.1, -0.05) is 0 Å². The van der Waals surface area contributed by atoms with Crippen LogP contribution in [0.4, 0.5) is 0 Å². The topological polar surface area (TPSA) is 59.2 Å². The molecule has 0 radical (unpaired) electrons. The number of amides is 1. The molecule has 2 aromatic heterocycles. The lowest BCUT2D eigenvalue weighted by Gasteiger charge is -2.10. The normalized spacial score (nSPS) is 14.1. The highest BCUT2D eigenvalue weighted by molar-refractivity contribution is 6.02. The molecule has 92 valence electrons. The zero-order chi connectivity index (χ0) is 12.7. The Kier molecular flexibility index (Phi) is 2.40. The summed E-state index contributed by atoms with van der Waals surface area (Å²) in [5.74, 6) is 1.41. The second-order valence-electron chi connectivity index (χ2n) is 4.27. The number of hydrogen-bond acceptors (Lipinski definition) is 4. The van der Waals surface area contributed by atoms with Gasteiger partial charge in [-0.25, -0.2) is 9.97 Å². The fraction of sp³-hybridized carbons (Fsp3) is 0.308. The zero-order valence-electron chi connectivity index (χ0n) is 10.3. The lowest BCUT2D eigenvalue weighted by molar-refractivity contribution is 0.0787. The van der Waals surface area contributed by atoms with Crippen LogP contribution in [0.1, 0.15) is 28.7 Å². The monoisotopic (exact) mass is 243 g/mol. The molecule has 0 aromatic carbocycles. The van der Waals surface area contributed by atoms with E-state index in [9.17, 15) is 4.79 Å². The van der Waals surface area contributed by atoms with Gasteiger partial charge >= 0.3 is 0 Å². The molecule has 1 aliphatic rings. The van der Waals surface area contributed by atoms with Gasteiger partial charge in [-0.3, -0.25) is 4.79 Å². The average molecular weight is 243 g/mol. The largest absolute Gasteiger partial charge is 0.460 e. The molecule has 1 aliphatic heterocycles. The van der Waals surface area contributed by atoms with Crippen molar-refractivity contribution in [1.29, 1.82) is 0 Å². The van der Waals surface area contributed by atoms with Crippen LogP contribution < -0.4 is 0 Å². The van der Waals surface area contributed by atoms with Crippen LogP contribution in [0.15, 0.2) is 22.9 Å². The van der Waals surface area contributed by atoms with Crippen molar-refractivity contribution in [3.05, 3.63) is 35.5 Å². The van der Waals surface area contributed by atoms with Crippen LogP contribution in [-0.4, -0.2) is 27.3 Å². The summed E-state index contributed by atoms with van der Waals surface area (Å²) >= 11 is 0. The lowest BCUT2D eigenvalue weighted by atomic mass is 10.1. The van der Waals surface area contributed by atoms with Gasteiger partial charge in [0.15, 0.2) is 5.76 Å². The molecule has 2 aromatic rings. The van der Waals surface area contributed by atoms with Gasteiger partial charge < -0.3 is 9.32 Å². The number of carbonyl (C=O) groups is 1. The minimum Gasteiger partial charge on any atom is -0.460 e. The third kappa shape index (κ3) is 1.51. The van der Waals surface area contributed by atoms with Crippen molar-refractivity contribution >= 4 is 5.91 Å². The first kappa shape index (κ1) is 11.0. The van der Waals surface area contributed by atoms with Gasteiger partial charge in [0.2, 0.25) is 0 Å². The van der Waals surface area contributed by atoms with Crippen molar-refractivity contribution in [1.82, 2.24) is 14.9 Å². The van der Waals surface area contributed by atoms with E-state index >= 15 is 0 Å². The lowest BCUT2D eigenvalue weighted by Crippen LogP contribution is -2.23. The summed E-state index contributed by atoms with van der Waals surface area (Å²) in [6.07, 6.45) is 1.48. The van der Waals surface area contributed by atoms with Gasteiger partial charge in [0.1, 0.15) is 17.8 Å². The number of rotatable bonds is 2. The van der Waals surface area contributed by atoms with Gasteiger partial charge in [-0.15, -0.1) is 0 Å². The zero-order valence-corrected chi connectivity index (χ0v) is 10.3. The SMILES string of the molecule is CCN1Cc2ncnc(-c3ccc(C)o3)c2C1=O. The highest BCUT2D eigenvalue weighted by Gasteiger charge is 2.32. The molecular weight excluding hydrogens is 230 g/mol. The first-order valence-corrected chi connectivity index (χ1v) is 5.90. The molecule has 0 saturated carbocycles. The third-order valence-electron chi connectivity index (χ3n) is 3.12. The maximum atomic E-state index is 12.2. The Hall–Kier alpha value is -2.17. The van der Waals surface area contributed by atoms with Crippen LogP contribution in [0.2, 0.25) is 0 Å². The maximum absolute atomic E-state index is 12.2. The fourth-order valence-corrected chi connectivity index (χ4v) is 2.18. The highest BCUT2D eigenvalue weighted by Crippen LogP contribution is 2.30. The Bertz CT molecular complexity index is 618. The van der Waals surface area contributed by atoms with Gasteiger partial charge in [-0.05, 0) is 26.0 Å². The standard InChI is InChI=1S/C13H13N3O2/c1-3-16-6-9-11(13(16)17)12(15-7-14-9)10-5-4-8(2)18-10/h4-5,7H,3,6H2,1-2H3. The Balaban J connectivity index is 2.15. The summed E-state index contributed by atoms with van der Waals surface area (Å²) in [6.45, 7) is 5.05. The molecule has 3 rings (SSSR count).